The van der Waals surface area contributed by atoms with Gasteiger partial charge in [0.1, 0.15) is 0 Å². The molecule has 0 heterocycles. The third-order valence-electron chi connectivity index (χ3n) is 26.0. The van der Waals surface area contributed by atoms with Crippen molar-refractivity contribution in [2.45, 2.75) is 466 Å². The van der Waals surface area contributed by atoms with Crippen molar-refractivity contribution in [3.63, 3.8) is 0 Å². The zero-order chi connectivity index (χ0) is 60.1. The van der Waals surface area contributed by atoms with E-state index in [9.17, 15) is 4.79 Å². The van der Waals surface area contributed by atoms with Gasteiger partial charge in [0.25, 0.3) is 0 Å². The normalized spacial score (nSPS) is 23.4. The Labute approximate surface area is 560 Å². The number of amides is 3. The topological polar surface area (TPSA) is 88.5 Å². The van der Waals surface area contributed by atoms with Crippen LogP contribution in [0.3, 0.4) is 0 Å². The van der Waals surface area contributed by atoms with Gasteiger partial charge in [-0.15, -0.1) is 0 Å². The van der Waals surface area contributed by atoms with Crippen molar-refractivity contribution in [1.29, 1.82) is 0 Å². The molecule has 0 saturated heterocycles. The number of aliphatic carboxylic acids is 1. The van der Waals surface area contributed by atoms with Gasteiger partial charge < -0.3 is 6.53 Å². The van der Waals surface area contributed by atoms with Gasteiger partial charge in [-0.05, 0) is 238 Å². The number of unbranched alkanes of at least 4 members (excludes halogenated alkanes) is 14. The van der Waals surface area contributed by atoms with E-state index in [4.69, 9.17) is 5.11 Å². The molecule has 9 aliphatic rings. The van der Waals surface area contributed by atoms with Crippen LogP contribution in [0.25, 0.3) is 0 Å². The number of carbonyl (C=O) groups is 4. The van der Waals surface area contributed by atoms with Gasteiger partial charge in [0.05, 0.1) is 73.1 Å². The Balaban J connectivity index is 0.000000484. The minimum absolute atomic E-state index is 0. The quantitative estimate of drug-likeness (QED) is 0.0440. The van der Waals surface area contributed by atoms with Crippen molar-refractivity contribution >= 4 is 23.7 Å². The van der Waals surface area contributed by atoms with Crippen molar-refractivity contribution in [2.24, 2.45) is 5.92 Å². The predicted molar refractivity (Wildman–Crippen MR) is 359 cm³/mol. The standard InChI is InChI=1S/C60H104N3O3.C18H36O2.Na.H/c64-58(61(49-28-10-1-11-29-49,50-30-12-2-13-31-50)51-32-14-3-15-33-51)46-48(60(66)63(55-40-22-7-23-41-55,56-42-24-8-25-43-56)57-44-26-9-27-45-57)47-59(65)62(52-34-16-4-17-35-52,53-36-18-5-19-37-53)54-38-20-6-21-39-54;1-2-3-4-5-6-7-8-9-10-11-12-13-14-15-16-17-18(19)20;;/h48-57H,1-47H2;2-17H2,1H3,(H,19,20);;/q+3;;+1;-1. The summed E-state index contributed by atoms with van der Waals surface area (Å²) in [7, 11) is 0. The van der Waals surface area contributed by atoms with Gasteiger partial charge in [0, 0.05) is 6.42 Å². The van der Waals surface area contributed by atoms with Crippen LogP contribution in [-0.4, -0.2) is 96.6 Å². The molecule has 9 rings (SSSR count). The zero-order valence-corrected chi connectivity index (χ0v) is 59.7. The molecule has 0 bridgehead atoms. The summed E-state index contributed by atoms with van der Waals surface area (Å²) in [5, 5.41) is 8.52. The Morgan fingerprint density at radius 2 is 0.483 bits per heavy atom. The van der Waals surface area contributed by atoms with E-state index in [0.717, 1.165) is 21.8 Å². The minimum Gasteiger partial charge on any atom is -1.00 e. The van der Waals surface area contributed by atoms with E-state index in [-0.39, 0.29) is 31.0 Å². The van der Waals surface area contributed by atoms with E-state index in [1.807, 2.05) is 0 Å². The number of rotatable bonds is 30. The van der Waals surface area contributed by atoms with Crippen LogP contribution in [-0.2, 0) is 19.2 Å². The average molecular weight is 1220 g/mol. The maximum atomic E-state index is 17.5. The maximum Gasteiger partial charge on any atom is 1.00 e. The van der Waals surface area contributed by atoms with Gasteiger partial charge in [-0.2, -0.15) is 0 Å². The van der Waals surface area contributed by atoms with Crippen molar-refractivity contribution < 1.29 is 68.7 Å². The first-order chi connectivity index (χ1) is 42.3. The summed E-state index contributed by atoms with van der Waals surface area (Å²) in [5.41, 5.74) is 0. The number of nitrogens with zero attached hydrogens (tertiary/aromatic N) is 3. The summed E-state index contributed by atoms with van der Waals surface area (Å²) in [6.07, 6.45) is 76.5. The summed E-state index contributed by atoms with van der Waals surface area (Å²) in [6, 6.07) is 3.52. The van der Waals surface area contributed by atoms with E-state index >= 15 is 14.4 Å². The number of hydrogen-bond donors (Lipinski definition) is 1. The maximum absolute atomic E-state index is 17.5. The third-order valence-corrected chi connectivity index (χ3v) is 26.0. The number of hydrogen-bond acceptors (Lipinski definition) is 4. The summed E-state index contributed by atoms with van der Waals surface area (Å²) in [4.78, 5) is 61.8. The smallest absolute Gasteiger partial charge is 1.00 e. The molecular weight excluding hydrogens is 1080 g/mol. The fourth-order valence-corrected chi connectivity index (χ4v) is 22.0. The second-order valence-electron chi connectivity index (χ2n) is 31.5. The number of carboxylic acid groups (broad SMARTS) is 1. The SMILES string of the molecule is CCCCCCCCCCCCCCCCCC(=O)O.O=C(CC(CC(=O)[N+](C1CCCCC1)(C1CCCCC1)C1CCCCC1)C(=O)[N+](C1CCCCC1)(C1CCCCC1)C1CCCCC1)[N+](C1CCCCC1)(C1CCCCC1)C1CCCCC1.[H-].[Na+]. The van der Waals surface area contributed by atoms with Crippen LogP contribution in [0.5, 0.6) is 0 Å². The molecule has 0 aromatic rings. The van der Waals surface area contributed by atoms with Gasteiger partial charge in [0.2, 0.25) is 0 Å². The Hall–Kier alpha value is -0.640. The largest absolute Gasteiger partial charge is 1.00 e. The molecular formula is C78H141N3NaO5+3. The Kier molecular flexibility index (Phi) is 34.4. The van der Waals surface area contributed by atoms with E-state index in [1.54, 1.807) is 0 Å². The fraction of sp³-hybridized carbons (Fsp3) is 0.949. The molecule has 0 aliphatic heterocycles. The molecule has 87 heavy (non-hydrogen) atoms. The van der Waals surface area contributed by atoms with Gasteiger partial charge in [0.15, 0.2) is 0 Å². The van der Waals surface area contributed by atoms with E-state index in [0.29, 0.717) is 95.8 Å². The second kappa shape index (κ2) is 40.6. The molecule has 3 amide bonds. The fourth-order valence-electron chi connectivity index (χ4n) is 22.0. The molecule has 0 spiro atoms. The van der Waals surface area contributed by atoms with Crippen LogP contribution < -0.4 is 29.6 Å². The minimum atomic E-state index is -0.653. The molecule has 0 radical (unpaired) electrons. The molecule has 9 saturated carbocycles. The second-order valence-corrected chi connectivity index (χ2v) is 31.5. The van der Waals surface area contributed by atoms with Gasteiger partial charge in [-0.3, -0.25) is 18.2 Å². The molecule has 0 unspecified atom stereocenters. The van der Waals surface area contributed by atoms with E-state index in [1.165, 1.54) is 372 Å². The molecule has 0 atom stereocenters. The van der Waals surface area contributed by atoms with Crippen molar-refractivity contribution in [1.82, 2.24) is 0 Å². The zero-order valence-electron chi connectivity index (χ0n) is 58.7. The number of carbonyl (C=O) groups excluding carboxylic acids is 3. The third kappa shape index (κ3) is 20.0. The first-order valence-corrected chi connectivity index (χ1v) is 39.8. The number of carboxylic acids is 1. The van der Waals surface area contributed by atoms with E-state index < -0.39 is 11.9 Å². The Morgan fingerprint density at radius 3 is 0.678 bits per heavy atom. The van der Waals surface area contributed by atoms with E-state index in [2.05, 4.69) is 6.92 Å². The first kappa shape index (κ1) is 73.8. The Morgan fingerprint density at radius 1 is 0.299 bits per heavy atom. The monoisotopic (exact) mass is 1220 g/mol. The predicted octanol–water partition coefficient (Wildman–Crippen LogP) is 18.9. The van der Waals surface area contributed by atoms with Crippen LogP contribution in [0.4, 0.5) is 0 Å². The van der Waals surface area contributed by atoms with Crippen LogP contribution in [0.1, 0.15) is 413 Å². The van der Waals surface area contributed by atoms with Crippen molar-refractivity contribution in [3.05, 3.63) is 0 Å². The summed E-state index contributed by atoms with van der Waals surface area (Å²) >= 11 is 0. The summed E-state index contributed by atoms with van der Waals surface area (Å²) in [6.45, 7) is 2.27. The van der Waals surface area contributed by atoms with Crippen LogP contribution >= 0.6 is 0 Å². The van der Waals surface area contributed by atoms with Crippen LogP contribution in [0.2, 0.25) is 0 Å². The Bertz CT molecular complexity index is 1680. The molecule has 1 N–H and O–H groups in total. The first-order valence-electron chi connectivity index (χ1n) is 39.8. The van der Waals surface area contributed by atoms with Crippen molar-refractivity contribution in [2.75, 3.05) is 0 Å². The molecule has 9 heteroatoms. The van der Waals surface area contributed by atoms with Crippen LogP contribution in [0, 0.1) is 5.92 Å². The van der Waals surface area contributed by atoms with Gasteiger partial charge in [-0.1, -0.05) is 155 Å². The molecule has 9 fully saturated rings. The van der Waals surface area contributed by atoms with Gasteiger partial charge >= 0.3 is 53.2 Å². The summed E-state index contributed by atoms with van der Waals surface area (Å²) < 4.78 is 2.14. The average Bonchev–Trinajstić information content (AvgIpc) is 0.790. The van der Waals surface area contributed by atoms with Gasteiger partial charge in [-0.25, -0.2) is 14.4 Å². The molecule has 0 aromatic heterocycles. The molecule has 8 nitrogen and oxygen atoms in total. The van der Waals surface area contributed by atoms with Crippen LogP contribution in [0.15, 0.2) is 0 Å². The number of quaternary nitrogens is 3. The molecule has 0 aromatic carbocycles. The molecule has 496 valence electrons. The molecule has 9 aliphatic carbocycles. The van der Waals surface area contributed by atoms with Crippen molar-refractivity contribution in [3.8, 4) is 0 Å². The summed E-state index contributed by atoms with van der Waals surface area (Å²) in [5.74, 6) is 0.251.